The molecule has 3 nitrogen and oxygen atoms in total. The summed E-state index contributed by atoms with van der Waals surface area (Å²) in [4.78, 5) is 12.0. The number of para-hydroxylation sites is 1. The fraction of sp³-hybridized carbons (Fsp3) is 0. The van der Waals surface area contributed by atoms with Gasteiger partial charge in [-0.3, -0.25) is 4.98 Å². The Labute approximate surface area is 285 Å². The molecule has 0 N–H and O–H groups in total. The van der Waals surface area contributed by atoms with Gasteiger partial charge in [0.05, 0.1) is 16.7 Å². The van der Waals surface area contributed by atoms with Crippen molar-refractivity contribution in [1.82, 2.24) is 9.97 Å². The highest BCUT2D eigenvalue weighted by Crippen LogP contribution is 2.38. The van der Waals surface area contributed by atoms with Crippen molar-refractivity contribution in [3.63, 3.8) is 0 Å². The maximum absolute atomic E-state index is 5.02. The Morgan fingerprint density at radius 1 is 0.388 bits per heavy atom. The van der Waals surface area contributed by atoms with Crippen LogP contribution in [0.25, 0.3) is 66.1 Å². The molecule has 0 spiro atoms. The Kier molecular flexibility index (Phi) is 7.14. The quantitative estimate of drug-likeness (QED) is 0.172. The van der Waals surface area contributed by atoms with Gasteiger partial charge in [-0.25, -0.2) is 4.98 Å². The van der Waals surface area contributed by atoms with E-state index in [1.54, 1.807) is 0 Å². The smallest absolute Gasteiger partial charge is 0.0965 e. The summed E-state index contributed by atoms with van der Waals surface area (Å²) in [6.07, 6.45) is 1.83. The maximum Gasteiger partial charge on any atom is 0.0965 e. The van der Waals surface area contributed by atoms with E-state index in [0.29, 0.717) is 0 Å². The van der Waals surface area contributed by atoms with Crippen molar-refractivity contribution < 1.29 is 0 Å². The molecular formula is C46H31N3. The van der Waals surface area contributed by atoms with Crippen LogP contribution in [-0.4, -0.2) is 9.97 Å². The molecule has 230 valence electrons. The van der Waals surface area contributed by atoms with E-state index >= 15 is 0 Å². The molecule has 0 amide bonds. The van der Waals surface area contributed by atoms with Gasteiger partial charge in [0.25, 0.3) is 0 Å². The van der Waals surface area contributed by atoms with E-state index in [1.807, 2.05) is 24.4 Å². The highest BCUT2D eigenvalue weighted by atomic mass is 15.1. The fourth-order valence-electron chi connectivity index (χ4n) is 6.85. The molecule has 0 aliphatic heterocycles. The number of rotatable bonds is 6. The van der Waals surface area contributed by atoms with Crippen LogP contribution in [0.4, 0.5) is 17.1 Å². The van der Waals surface area contributed by atoms with Gasteiger partial charge in [0.15, 0.2) is 0 Å². The summed E-state index contributed by atoms with van der Waals surface area (Å²) >= 11 is 0. The van der Waals surface area contributed by atoms with Crippen molar-refractivity contribution >= 4 is 49.6 Å². The van der Waals surface area contributed by atoms with E-state index in [4.69, 9.17) is 4.98 Å². The minimum atomic E-state index is 0.883. The van der Waals surface area contributed by atoms with Crippen LogP contribution in [0, 0.1) is 0 Å². The molecule has 2 aromatic heterocycles. The molecule has 2 heterocycles. The minimum absolute atomic E-state index is 0.883. The molecule has 0 bridgehead atoms. The molecule has 0 unspecified atom stereocenters. The summed E-state index contributed by atoms with van der Waals surface area (Å²) in [6, 6.07) is 64.5. The maximum atomic E-state index is 5.02. The number of hydrogen-bond donors (Lipinski definition) is 0. The molecule has 0 radical (unpaired) electrons. The van der Waals surface area contributed by atoms with Crippen molar-refractivity contribution in [3.05, 3.63) is 188 Å². The molecule has 49 heavy (non-hydrogen) atoms. The zero-order valence-electron chi connectivity index (χ0n) is 26.7. The van der Waals surface area contributed by atoms with E-state index < -0.39 is 0 Å². The van der Waals surface area contributed by atoms with E-state index in [9.17, 15) is 0 Å². The van der Waals surface area contributed by atoms with Crippen molar-refractivity contribution in [3.8, 4) is 33.5 Å². The van der Waals surface area contributed by atoms with Crippen molar-refractivity contribution in [1.29, 1.82) is 0 Å². The lowest BCUT2D eigenvalue weighted by molar-refractivity contribution is 1.28. The Bertz CT molecular complexity index is 2580. The molecule has 7 aromatic carbocycles. The average Bonchev–Trinajstić information content (AvgIpc) is 3.18. The van der Waals surface area contributed by atoms with Crippen LogP contribution in [0.3, 0.4) is 0 Å². The Morgan fingerprint density at radius 2 is 1.00 bits per heavy atom. The van der Waals surface area contributed by atoms with Crippen LogP contribution >= 0.6 is 0 Å². The molecular weight excluding hydrogens is 595 g/mol. The summed E-state index contributed by atoms with van der Waals surface area (Å²) in [6.45, 7) is 0. The molecule has 0 aliphatic carbocycles. The van der Waals surface area contributed by atoms with Gasteiger partial charge in [-0.15, -0.1) is 0 Å². The van der Waals surface area contributed by atoms with Gasteiger partial charge in [0.2, 0.25) is 0 Å². The number of aromatic nitrogens is 2. The minimum Gasteiger partial charge on any atom is -0.311 e. The molecule has 9 aromatic rings. The van der Waals surface area contributed by atoms with Crippen molar-refractivity contribution in [2.75, 3.05) is 4.90 Å². The third-order valence-corrected chi connectivity index (χ3v) is 9.29. The Balaban J connectivity index is 1.07. The lowest BCUT2D eigenvalue weighted by Crippen LogP contribution is -2.09. The van der Waals surface area contributed by atoms with E-state index in [1.165, 1.54) is 32.7 Å². The molecule has 0 saturated carbocycles. The first-order chi connectivity index (χ1) is 24.3. The summed E-state index contributed by atoms with van der Waals surface area (Å²) < 4.78 is 0. The van der Waals surface area contributed by atoms with Gasteiger partial charge in [-0.05, 0) is 98.9 Å². The van der Waals surface area contributed by atoms with Crippen LogP contribution in [0.15, 0.2) is 188 Å². The Morgan fingerprint density at radius 3 is 1.78 bits per heavy atom. The number of pyridine rings is 2. The van der Waals surface area contributed by atoms with Gasteiger partial charge in [-0.2, -0.15) is 0 Å². The fourth-order valence-corrected chi connectivity index (χ4v) is 6.85. The van der Waals surface area contributed by atoms with E-state index in [0.717, 1.165) is 50.5 Å². The lowest BCUT2D eigenvalue weighted by Gasteiger charge is -2.26. The van der Waals surface area contributed by atoms with Gasteiger partial charge in [0.1, 0.15) is 0 Å². The molecule has 0 fully saturated rings. The third-order valence-electron chi connectivity index (χ3n) is 9.29. The summed E-state index contributed by atoms with van der Waals surface area (Å²) in [5.74, 6) is 0. The van der Waals surface area contributed by atoms with Crippen LogP contribution in [0.2, 0.25) is 0 Å². The molecule has 0 aliphatic rings. The predicted molar refractivity (Wildman–Crippen MR) is 206 cm³/mol. The second kappa shape index (κ2) is 12.2. The first kappa shape index (κ1) is 28.6. The normalized spacial score (nSPS) is 11.3. The number of fused-ring (bicyclic) bond motifs is 4. The molecule has 0 atom stereocenters. The van der Waals surface area contributed by atoms with Gasteiger partial charge < -0.3 is 4.90 Å². The summed E-state index contributed by atoms with van der Waals surface area (Å²) in [5.41, 5.74) is 11.6. The zero-order valence-corrected chi connectivity index (χ0v) is 26.7. The first-order valence-electron chi connectivity index (χ1n) is 16.6. The van der Waals surface area contributed by atoms with Crippen LogP contribution < -0.4 is 4.90 Å². The molecule has 0 saturated heterocycles. The lowest BCUT2D eigenvalue weighted by atomic mass is 9.97. The van der Waals surface area contributed by atoms with Crippen LogP contribution in [-0.2, 0) is 0 Å². The first-order valence-corrected chi connectivity index (χ1v) is 16.6. The second-order valence-electron chi connectivity index (χ2n) is 12.3. The SMILES string of the molecule is c1ccc(-c2cc(-c3ccc(N(c4ccccc4)c4ccc(-c5ccc6c(ccc7ccccc76)c5)cc4)cc3)nc3cccnc23)cc1. The van der Waals surface area contributed by atoms with Gasteiger partial charge in [0, 0.05) is 34.4 Å². The average molecular weight is 626 g/mol. The number of anilines is 3. The Hall–Kier alpha value is -6.58. The zero-order chi connectivity index (χ0) is 32.6. The number of benzene rings is 7. The highest BCUT2D eigenvalue weighted by molar-refractivity contribution is 6.08. The molecule has 3 heteroatoms. The number of hydrogen-bond acceptors (Lipinski definition) is 3. The number of nitrogens with zero attached hydrogens (tertiary/aromatic N) is 3. The second-order valence-corrected chi connectivity index (χ2v) is 12.3. The third kappa shape index (κ3) is 5.38. The van der Waals surface area contributed by atoms with E-state index in [-0.39, 0.29) is 0 Å². The van der Waals surface area contributed by atoms with Gasteiger partial charge >= 0.3 is 0 Å². The van der Waals surface area contributed by atoms with Crippen molar-refractivity contribution in [2.24, 2.45) is 0 Å². The standard InChI is InChI=1S/C46H31N3/c1-3-10-33(11-4-1)43-31-45(48-44-16-9-29-47-46(43)44)35-21-26-40(27-22-35)49(38-13-5-2-6-14-38)39-24-19-32(20-25-39)36-23-28-42-37(30-36)18-17-34-12-7-8-15-41(34)42/h1-31H. The topological polar surface area (TPSA) is 29.0 Å². The largest absolute Gasteiger partial charge is 0.311 e. The monoisotopic (exact) mass is 625 g/mol. The van der Waals surface area contributed by atoms with Crippen LogP contribution in [0.1, 0.15) is 0 Å². The predicted octanol–water partition coefficient (Wildman–Crippen LogP) is 12.4. The summed E-state index contributed by atoms with van der Waals surface area (Å²) in [7, 11) is 0. The molecule has 9 rings (SSSR count). The highest BCUT2D eigenvalue weighted by Gasteiger charge is 2.15. The summed E-state index contributed by atoms with van der Waals surface area (Å²) in [5, 5.41) is 5.09. The van der Waals surface area contributed by atoms with Crippen LogP contribution in [0.5, 0.6) is 0 Å². The van der Waals surface area contributed by atoms with Crippen molar-refractivity contribution in [2.45, 2.75) is 0 Å². The van der Waals surface area contributed by atoms with E-state index in [2.05, 4.69) is 174 Å². The van der Waals surface area contributed by atoms with Gasteiger partial charge in [-0.1, -0.05) is 121 Å².